The van der Waals surface area contributed by atoms with Gasteiger partial charge in [-0.1, -0.05) is 5.16 Å². The molecule has 0 spiro atoms. The van der Waals surface area contributed by atoms with E-state index in [2.05, 4.69) is 10.5 Å². The summed E-state index contributed by atoms with van der Waals surface area (Å²) in [6, 6.07) is 3.85. The lowest BCUT2D eigenvalue weighted by Gasteiger charge is -2.43. The molecule has 2 aliphatic rings. The first-order chi connectivity index (χ1) is 16.2. The molecule has 0 bridgehead atoms. The van der Waals surface area contributed by atoms with Crippen LogP contribution in [0.3, 0.4) is 0 Å². The predicted molar refractivity (Wildman–Crippen MR) is 116 cm³/mol. The van der Waals surface area contributed by atoms with Crippen LogP contribution in [0.25, 0.3) is 0 Å². The lowest BCUT2D eigenvalue weighted by Crippen LogP contribution is -2.64. The van der Waals surface area contributed by atoms with Crippen molar-refractivity contribution < 1.29 is 27.7 Å². The van der Waals surface area contributed by atoms with Crippen molar-refractivity contribution >= 4 is 17.7 Å². The zero-order chi connectivity index (χ0) is 24.4. The van der Waals surface area contributed by atoms with Crippen molar-refractivity contribution in [3.63, 3.8) is 0 Å². The minimum atomic E-state index is -1.31. The maximum absolute atomic E-state index is 13.8. The summed E-state index contributed by atoms with van der Waals surface area (Å²) in [6.07, 6.45) is 1.92. The van der Waals surface area contributed by atoms with Crippen molar-refractivity contribution in [2.75, 3.05) is 13.1 Å². The van der Waals surface area contributed by atoms with Gasteiger partial charge in [-0.15, -0.1) is 0 Å². The summed E-state index contributed by atoms with van der Waals surface area (Å²) in [4.78, 5) is 42.4. The van der Waals surface area contributed by atoms with Crippen LogP contribution in [0.4, 0.5) is 8.78 Å². The second-order valence-corrected chi connectivity index (χ2v) is 8.83. The van der Waals surface area contributed by atoms with Crippen LogP contribution in [0.1, 0.15) is 58.7 Å². The molecule has 4 rings (SSSR count). The summed E-state index contributed by atoms with van der Waals surface area (Å²) >= 11 is 0. The van der Waals surface area contributed by atoms with Gasteiger partial charge in [-0.05, 0) is 51.2 Å². The van der Waals surface area contributed by atoms with Crippen molar-refractivity contribution in [3.05, 3.63) is 52.9 Å². The summed E-state index contributed by atoms with van der Waals surface area (Å²) in [5, 5.41) is 6.68. The van der Waals surface area contributed by atoms with Crippen molar-refractivity contribution in [1.82, 2.24) is 20.3 Å². The molecule has 1 unspecified atom stereocenters. The lowest BCUT2D eigenvalue weighted by atomic mass is 9.91. The van der Waals surface area contributed by atoms with Crippen LogP contribution in [0.2, 0.25) is 0 Å². The summed E-state index contributed by atoms with van der Waals surface area (Å²) < 4.78 is 32.6. The zero-order valence-corrected chi connectivity index (χ0v) is 18.8. The average molecular weight is 475 g/mol. The molecule has 1 aromatic carbocycles. The summed E-state index contributed by atoms with van der Waals surface area (Å²) in [5.41, 5.74) is 5.71. The van der Waals surface area contributed by atoms with E-state index in [-0.39, 0.29) is 36.4 Å². The molecular formula is C23H27F2N5O4. The largest absolute Gasteiger partial charge is 0.361 e. The number of carbonyl (C=O) groups excluding carboxylic acids is 3. The second-order valence-electron chi connectivity index (χ2n) is 8.83. The van der Waals surface area contributed by atoms with Crippen LogP contribution in [0.5, 0.6) is 0 Å². The Balaban J connectivity index is 1.64. The highest BCUT2D eigenvalue weighted by Crippen LogP contribution is 2.23. The Bertz CT molecular complexity index is 1060. The van der Waals surface area contributed by atoms with Gasteiger partial charge in [0.1, 0.15) is 17.4 Å². The highest BCUT2D eigenvalue weighted by Gasteiger charge is 2.42. The number of hydrogen-bond donors (Lipinski definition) is 2. The van der Waals surface area contributed by atoms with Gasteiger partial charge in [0, 0.05) is 42.9 Å². The van der Waals surface area contributed by atoms with Gasteiger partial charge in [-0.25, -0.2) is 8.78 Å². The standard InChI is InChI=1S/C23H27F2N5O4/c1-13-9-19(28-34-13)23(33)30-8-2-7-29(22(32)14-10-15(24)12-16(25)11-14)21(30)20(31)27-18-5-3-17(26)4-6-18/h9-12,17-18,21H,2-8,26H2,1H3,(H,27,31). The highest BCUT2D eigenvalue weighted by molar-refractivity contribution is 6.01. The SMILES string of the molecule is Cc1cc(C(=O)N2CCCN(C(=O)c3cc(F)cc(F)c3)C2C(=O)NC2CCC(N)CC2)no1. The fourth-order valence-electron chi connectivity index (χ4n) is 4.53. The fourth-order valence-corrected chi connectivity index (χ4v) is 4.53. The molecule has 9 nitrogen and oxygen atoms in total. The molecule has 1 saturated heterocycles. The van der Waals surface area contributed by atoms with E-state index in [1.807, 2.05) is 0 Å². The molecule has 182 valence electrons. The summed E-state index contributed by atoms with van der Waals surface area (Å²) in [7, 11) is 0. The van der Waals surface area contributed by atoms with Crippen molar-refractivity contribution in [2.24, 2.45) is 5.73 Å². The number of rotatable bonds is 4. The highest BCUT2D eigenvalue weighted by atomic mass is 19.1. The average Bonchev–Trinajstić information content (AvgIpc) is 3.24. The van der Waals surface area contributed by atoms with Gasteiger partial charge >= 0.3 is 0 Å². The van der Waals surface area contributed by atoms with Gasteiger partial charge in [-0.3, -0.25) is 14.4 Å². The third kappa shape index (κ3) is 5.09. The Morgan fingerprint density at radius 2 is 1.62 bits per heavy atom. The van der Waals surface area contributed by atoms with Crippen LogP contribution in [0.15, 0.2) is 28.8 Å². The topological polar surface area (TPSA) is 122 Å². The molecule has 1 atom stereocenters. The quantitative estimate of drug-likeness (QED) is 0.697. The van der Waals surface area contributed by atoms with E-state index < -0.39 is 35.5 Å². The molecule has 3 amide bonds. The van der Waals surface area contributed by atoms with E-state index in [0.717, 1.165) is 25.0 Å². The molecule has 1 aromatic heterocycles. The lowest BCUT2D eigenvalue weighted by molar-refractivity contribution is -0.133. The minimum Gasteiger partial charge on any atom is -0.361 e. The van der Waals surface area contributed by atoms with E-state index in [1.54, 1.807) is 6.92 Å². The molecule has 2 aromatic rings. The first-order valence-corrected chi connectivity index (χ1v) is 11.3. The predicted octanol–water partition coefficient (Wildman–Crippen LogP) is 1.96. The van der Waals surface area contributed by atoms with E-state index >= 15 is 0 Å². The molecule has 3 N–H and O–H groups in total. The number of nitrogens with two attached hydrogens (primary N) is 1. The second kappa shape index (κ2) is 9.88. The van der Waals surface area contributed by atoms with Gasteiger partial charge in [0.15, 0.2) is 11.9 Å². The molecule has 11 heteroatoms. The molecule has 34 heavy (non-hydrogen) atoms. The summed E-state index contributed by atoms with van der Waals surface area (Å²) in [6.45, 7) is 1.96. The first-order valence-electron chi connectivity index (χ1n) is 11.3. The van der Waals surface area contributed by atoms with Crippen LogP contribution in [-0.4, -0.2) is 64.0 Å². The number of halogens is 2. The number of hydrogen-bond acceptors (Lipinski definition) is 6. The Morgan fingerprint density at radius 1 is 1.00 bits per heavy atom. The molecule has 0 radical (unpaired) electrons. The number of amides is 3. The van der Waals surface area contributed by atoms with E-state index in [1.165, 1.54) is 15.9 Å². The molecule has 1 aliphatic carbocycles. The molecule has 2 heterocycles. The van der Waals surface area contributed by atoms with Crippen LogP contribution in [-0.2, 0) is 4.79 Å². The van der Waals surface area contributed by atoms with Gasteiger partial charge < -0.3 is 25.4 Å². The molecule has 1 saturated carbocycles. The number of benzene rings is 1. The van der Waals surface area contributed by atoms with Gasteiger partial charge in [-0.2, -0.15) is 0 Å². The monoisotopic (exact) mass is 475 g/mol. The fraction of sp³-hybridized carbons (Fsp3) is 0.478. The Hall–Kier alpha value is -3.34. The van der Waals surface area contributed by atoms with Crippen molar-refractivity contribution in [3.8, 4) is 0 Å². The van der Waals surface area contributed by atoms with Gasteiger partial charge in [0.25, 0.3) is 17.7 Å². The van der Waals surface area contributed by atoms with Crippen LogP contribution >= 0.6 is 0 Å². The van der Waals surface area contributed by atoms with Crippen molar-refractivity contribution in [2.45, 2.75) is 57.3 Å². The van der Waals surface area contributed by atoms with Crippen LogP contribution < -0.4 is 11.1 Å². The number of nitrogens with zero attached hydrogens (tertiary/aromatic N) is 3. The van der Waals surface area contributed by atoms with E-state index in [9.17, 15) is 23.2 Å². The maximum Gasteiger partial charge on any atom is 0.278 e. The number of aryl methyl sites for hydroxylation is 1. The smallest absolute Gasteiger partial charge is 0.278 e. The van der Waals surface area contributed by atoms with Gasteiger partial charge in [0.05, 0.1) is 0 Å². The Kier molecular flexibility index (Phi) is 6.92. The maximum atomic E-state index is 13.8. The molecule has 2 fully saturated rings. The number of aromatic nitrogens is 1. The molecular weight excluding hydrogens is 448 g/mol. The number of nitrogens with one attached hydrogen (secondary N) is 1. The number of carbonyl (C=O) groups is 3. The zero-order valence-electron chi connectivity index (χ0n) is 18.8. The Labute approximate surface area is 195 Å². The normalized spacial score (nSPS) is 23.0. The van der Waals surface area contributed by atoms with Gasteiger partial charge in [0.2, 0.25) is 0 Å². The minimum absolute atomic E-state index is 0.00467. The van der Waals surface area contributed by atoms with Crippen LogP contribution in [0, 0.1) is 18.6 Å². The molecule has 1 aliphatic heterocycles. The van der Waals surface area contributed by atoms with Crippen molar-refractivity contribution in [1.29, 1.82) is 0 Å². The first kappa shape index (κ1) is 23.8. The third-order valence-corrected chi connectivity index (χ3v) is 6.22. The van der Waals surface area contributed by atoms with E-state index in [4.69, 9.17) is 10.3 Å². The summed E-state index contributed by atoms with van der Waals surface area (Å²) in [5.74, 6) is -3.28. The Morgan fingerprint density at radius 3 is 2.21 bits per heavy atom. The third-order valence-electron chi connectivity index (χ3n) is 6.22. The van der Waals surface area contributed by atoms with E-state index in [0.29, 0.717) is 31.1 Å².